The van der Waals surface area contributed by atoms with E-state index in [1.165, 1.54) is 46.1 Å². The molecule has 12 rings (SSSR count). The molecule has 0 spiro atoms. The smallest absolute Gasteiger partial charge is 0.160 e. The van der Waals surface area contributed by atoms with Crippen molar-refractivity contribution in [3.05, 3.63) is 164 Å². The molecule has 0 aliphatic rings. The molecule has 3 nitrogen and oxygen atoms in total. The predicted octanol–water partition coefficient (Wildman–Crippen LogP) is 15.4. The monoisotopic (exact) mass is 713 g/mol. The van der Waals surface area contributed by atoms with E-state index in [1.54, 1.807) is 0 Å². The number of thiophene rings is 2. The molecule has 0 aliphatic heterocycles. The zero-order valence-electron chi connectivity index (χ0n) is 28.2. The number of hydrogen-bond donors (Lipinski definition) is 0. The van der Waals surface area contributed by atoms with E-state index < -0.39 is 0 Å². The predicted molar refractivity (Wildman–Crippen MR) is 227 cm³/mol. The van der Waals surface area contributed by atoms with Gasteiger partial charge in [0.2, 0.25) is 0 Å². The van der Waals surface area contributed by atoms with E-state index in [1.807, 2.05) is 28.7 Å². The second-order valence-corrected chi connectivity index (χ2v) is 15.7. The standard InChI is InChI=1S/C48H27NO2S2/c1-2-12-28(13-3-1)29-22-24-30(25-23-29)49(37-27-36-32-15-6-10-20-41(32)52-47(36)43-33-16-5-9-19-40(33)51-46(37)43)38-26-35-31-14-4-8-18-39(31)50-45(35)44-34-17-7-11-21-42(34)53-48(38)44/h1-27H. The lowest BCUT2D eigenvalue weighted by Crippen LogP contribution is -2.10. The van der Waals surface area contributed by atoms with E-state index in [0.717, 1.165) is 66.3 Å². The van der Waals surface area contributed by atoms with Gasteiger partial charge in [-0.25, -0.2) is 0 Å². The minimum atomic E-state index is 0.879. The van der Waals surface area contributed by atoms with Crippen LogP contribution in [0.25, 0.3) is 95.3 Å². The third-order valence-corrected chi connectivity index (χ3v) is 13.1. The Bertz CT molecular complexity index is 3210. The van der Waals surface area contributed by atoms with E-state index in [2.05, 4.69) is 163 Å². The molecule has 0 unspecified atom stereocenters. The molecule has 0 radical (unpaired) electrons. The van der Waals surface area contributed by atoms with Crippen LogP contribution in [-0.2, 0) is 0 Å². The molecule has 4 heterocycles. The highest BCUT2D eigenvalue weighted by molar-refractivity contribution is 7.27. The van der Waals surface area contributed by atoms with Gasteiger partial charge in [-0.15, -0.1) is 22.7 Å². The van der Waals surface area contributed by atoms with Crippen molar-refractivity contribution in [1.29, 1.82) is 0 Å². The Hall–Kier alpha value is -6.40. The van der Waals surface area contributed by atoms with Gasteiger partial charge in [0, 0.05) is 62.9 Å². The van der Waals surface area contributed by atoms with Crippen LogP contribution in [0.3, 0.4) is 0 Å². The van der Waals surface area contributed by atoms with Crippen LogP contribution in [-0.4, -0.2) is 0 Å². The first-order chi connectivity index (χ1) is 26.3. The quantitative estimate of drug-likeness (QED) is 0.182. The first-order valence-electron chi connectivity index (χ1n) is 17.7. The van der Waals surface area contributed by atoms with Crippen LogP contribution in [0.2, 0.25) is 0 Å². The molecule has 0 amide bonds. The Labute approximate surface area is 311 Å². The maximum absolute atomic E-state index is 6.97. The summed E-state index contributed by atoms with van der Waals surface area (Å²) in [6.07, 6.45) is 0. The lowest BCUT2D eigenvalue weighted by atomic mass is 10.0. The largest absolute Gasteiger partial charge is 0.455 e. The Morgan fingerprint density at radius 3 is 1.72 bits per heavy atom. The normalized spacial score (nSPS) is 12.2. The number of para-hydroxylation sites is 2. The SMILES string of the molecule is c1ccc(-c2ccc(N(c3cc4c5ccccc5sc4c4c3oc3ccccc34)c3cc4c5ccccc5oc4c4c3sc3ccccc34)cc2)cc1. The van der Waals surface area contributed by atoms with E-state index in [4.69, 9.17) is 8.83 Å². The molecule has 0 aliphatic carbocycles. The average Bonchev–Trinajstić information content (AvgIpc) is 3.99. The van der Waals surface area contributed by atoms with Crippen LogP contribution in [0, 0.1) is 0 Å². The molecule has 0 bridgehead atoms. The van der Waals surface area contributed by atoms with Crippen LogP contribution in [0.5, 0.6) is 0 Å². The summed E-state index contributed by atoms with van der Waals surface area (Å²) in [5.74, 6) is 0. The maximum Gasteiger partial charge on any atom is 0.160 e. The summed E-state index contributed by atoms with van der Waals surface area (Å²) < 4.78 is 18.6. The van der Waals surface area contributed by atoms with Crippen molar-refractivity contribution in [3.63, 3.8) is 0 Å². The van der Waals surface area contributed by atoms with E-state index in [-0.39, 0.29) is 0 Å². The summed E-state index contributed by atoms with van der Waals surface area (Å²) >= 11 is 3.66. The fraction of sp³-hybridized carbons (Fsp3) is 0. The van der Waals surface area contributed by atoms with Gasteiger partial charge in [0.15, 0.2) is 5.58 Å². The molecular weight excluding hydrogens is 687 g/mol. The number of hydrogen-bond acceptors (Lipinski definition) is 5. The fourth-order valence-corrected chi connectivity index (χ4v) is 10.7. The van der Waals surface area contributed by atoms with Crippen LogP contribution in [0.4, 0.5) is 17.1 Å². The topological polar surface area (TPSA) is 29.5 Å². The summed E-state index contributed by atoms with van der Waals surface area (Å²) in [6.45, 7) is 0. The molecular formula is C48H27NO2S2. The molecule has 248 valence electrons. The summed E-state index contributed by atoms with van der Waals surface area (Å²) in [6, 6.07) is 58.6. The van der Waals surface area contributed by atoms with Gasteiger partial charge >= 0.3 is 0 Å². The number of anilines is 3. The Morgan fingerprint density at radius 1 is 0.377 bits per heavy atom. The molecule has 0 fully saturated rings. The third-order valence-electron chi connectivity index (χ3n) is 10.7. The first kappa shape index (κ1) is 29.2. The number of fused-ring (bicyclic) bond motifs is 14. The van der Waals surface area contributed by atoms with Gasteiger partial charge in [-0.3, -0.25) is 0 Å². The summed E-state index contributed by atoms with van der Waals surface area (Å²) in [7, 11) is 0. The van der Waals surface area contributed by atoms with Crippen LogP contribution in [0.15, 0.2) is 173 Å². The van der Waals surface area contributed by atoms with Crippen molar-refractivity contribution in [2.24, 2.45) is 0 Å². The van der Waals surface area contributed by atoms with Crippen molar-refractivity contribution in [2.45, 2.75) is 0 Å². The second kappa shape index (κ2) is 11.1. The van der Waals surface area contributed by atoms with Gasteiger partial charge in [0.1, 0.15) is 16.7 Å². The molecule has 0 N–H and O–H groups in total. The van der Waals surface area contributed by atoms with Gasteiger partial charge in [0.25, 0.3) is 0 Å². The fourth-order valence-electron chi connectivity index (χ4n) is 8.27. The van der Waals surface area contributed by atoms with Crippen LogP contribution in [0.1, 0.15) is 0 Å². The molecule has 0 saturated heterocycles. The molecule has 8 aromatic carbocycles. The zero-order chi connectivity index (χ0) is 34.6. The van der Waals surface area contributed by atoms with Crippen LogP contribution >= 0.6 is 22.7 Å². The van der Waals surface area contributed by atoms with Crippen molar-refractivity contribution >= 4 is 124 Å². The molecule has 5 heteroatoms. The third kappa shape index (κ3) is 4.20. The summed E-state index contributed by atoms with van der Waals surface area (Å²) in [5.41, 5.74) is 9.09. The zero-order valence-corrected chi connectivity index (χ0v) is 29.8. The van der Waals surface area contributed by atoms with E-state index >= 15 is 0 Å². The van der Waals surface area contributed by atoms with Crippen molar-refractivity contribution in [1.82, 2.24) is 0 Å². The molecule has 4 aromatic heterocycles. The minimum absolute atomic E-state index is 0.879. The highest BCUT2D eigenvalue weighted by Crippen LogP contribution is 2.53. The maximum atomic E-state index is 6.97. The van der Waals surface area contributed by atoms with Crippen molar-refractivity contribution in [2.75, 3.05) is 4.90 Å². The highest BCUT2D eigenvalue weighted by Gasteiger charge is 2.27. The molecule has 0 saturated carbocycles. The van der Waals surface area contributed by atoms with Crippen molar-refractivity contribution in [3.8, 4) is 11.1 Å². The molecule has 12 aromatic rings. The van der Waals surface area contributed by atoms with Gasteiger partial charge < -0.3 is 13.7 Å². The van der Waals surface area contributed by atoms with Crippen molar-refractivity contribution < 1.29 is 8.83 Å². The number of furan rings is 2. The number of benzene rings is 8. The minimum Gasteiger partial charge on any atom is -0.455 e. The van der Waals surface area contributed by atoms with Gasteiger partial charge in [0.05, 0.1) is 16.1 Å². The molecule has 0 atom stereocenters. The van der Waals surface area contributed by atoms with Gasteiger partial charge in [-0.1, -0.05) is 115 Å². The summed E-state index contributed by atoms with van der Waals surface area (Å²) in [4.78, 5) is 2.43. The lowest BCUT2D eigenvalue weighted by Gasteiger charge is -2.27. The van der Waals surface area contributed by atoms with Gasteiger partial charge in [-0.2, -0.15) is 0 Å². The number of nitrogens with zero attached hydrogens (tertiary/aromatic N) is 1. The average molecular weight is 714 g/mol. The molecule has 53 heavy (non-hydrogen) atoms. The Balaban J connectivity index is 1.26. The van der Waals surface area contributed by atoms with E-state index in [9.17, 15) is 0 Å². The Morgan fingerprint density at radius 2 is 0.925 bits per heavy atom. The van der Waals surface area contributed by atoms with Gasteiger partial charge in [-0.05, 0) is 59.7 Å². The number of rotatable bonds is 4. The highest BCUT2D eigenvalue weighted by atomic mass is 32.1. The Kier molecular flexibility index (Phi) is 6.09. The van der Waals surface area contributed by atoms with E-state index in [0.29, 0.717) is 0 Å². The van der Waals surface area contributed by atoms with Crippen LogP contribution < -0.4 is 4.90 Å². The first-order valence-corrected chi connectivity index (χ1v) is 19.4. The second-order valence-electron chi connectivity index (χ2n) is 13.6. The summed E-state index contributed by atoms with van der Waals surface area (Å²) in [5, 5.41) is 9.31. The lowest BCUT2D eigenvalue weighted by molar-refractivity contribution is 0.669.